The van der Waals surface area contributed by atoms with E-state index in [1.165, 1.54) is 6.42 Å². The molecule has 2 N–H and O–H groups in total. The van der Waals surface area contributed by atoms with Crippen molar-refractivity contribution in [1.82, 2.24) is 5.32 Å². The van der Waals surface area contributed by atoms with Crippen molar-refractivity contribution in [2.24, 2.45) is 11.3 Å². The summed E-state index contributed by atoms with van der Waals surface area (Å²) in [6, 6.07) is -0.0209. The van der Waals surface area contributed by atoms with Crippen molar-refractivity contribution in [1.29, 1.82) is 0 Å². The Balaban J connectivity index is 2.50. The van der Waals surface area contributed by atoms with Crippen molar-refractivity contribution in [3.8, 4) is 0 Å². The molecular formula is C12H23NO2. The van der Waals surface area contributed by atoms with Gasteiger partial charge in [0.25, 0.3) is 0 Å². The normalized spacial score (nSPS) is 26.9. The molecule has 15 heavy (non-hydrogen) atoms. The third kappa shape index (κ3) is 3.49. The van der Waals surface area contributed by atoms with Crippen LogP contribution in [0.2, 0.25) is 0 Å². The molecule has 1 fully saturated rings. The fourth-order valence-corrected chi connectivity index (χ4v) is 2.38. The molecule has 3 nitrogen and oxygen atoms in total. The zero-order chi connectivity index (χ0) is 11.6. The molecule has 0 aromatic rings. The number of hydrogen-bond acceptors (Lipinski definition) is 2. The molecule has 1 rings (SSSR count). The van der Waals surface area contributed by atoms with Gasteiger partial charge in [0.05, 0.1) is 0 Å². The summed E-state index contributed by atoms with van der Waals surface area (Å²) in [5.74, 6) is -0.582. The van der Waals surface area contributed by atoms with Crippen LogP contribution in [0.5, 0.6) is 0 Å². The summed E-state index contributed by atoms with van der Waals surface area (Å²) >= 11 is 0. The van der Waals surface area contributed by atoms with E-state index in [1.54, 1.807) is 0 Å². The molecule has 0 aliphatic heterocycles. The van der Waals surface area contributed by atoms with Gasteiger partial charge < -0.3 is 10.4 Å². The Labute approximate surface area is 92.3 Å². The first-order valence-electron chi connectivity index (χ1n) is 5.81. The second-order valence-electron chi connectivity index (χ2n) is 5.83. The summed E-state index contributed by atoms with van der Waals surface area (Å²) in [5.41, 5.74) is 0.373. The average Bonchev–Trinajstić information content (AvgIpc) is 2.40. The number of carbonyl (C=O) groups is 1. The van der Waals surface area contributed by atoms with E-state index in [-0.39, 0.29) is 5.92 Å². The van der Waals surface area contributed by atoms with Gasteiger partial charge in [-0.3, -0.25) is 4.79 Å². The van der Waals surface area contributed by atoms with E-state index >= 15 is 0 Å². The summed E-state index contributed by atoms with van der Waals surface area (Å²) in [6.45, 7) is 8.40. The standard InChI is InChI=1S/C12H23NO2/c1-8(2)10(11(14)15)13-9-5-6-12(3,4)7-9/h8-10,13H,5-7H2,1-4H3,(H,14,15). The van der Waals surface area contributed by atoms with Crippen LogP contribution in [0.25, 0.3) is 0 Å². The topological polar surface area (TPSA) is 49.3 Å². The van der Waals surface area contributed by atoms with Gasteiger partial charge in [0.2, 0.25) is 0 Å². The van der Waals surface area contributed by atoms with E-state index in [0.717, 1.165) is 12.8 Å². The molecule has 0 radical (unpaired) electrons. The minimum absolute atomic E-state index is 0.145. The average molecular weight is 213 g/mol. The number of carboxylic acid groups (broad SMARTS) is 1. The first-order chi connectivity index (χ1) is 6.82. The van der Waals surface area contributed by atoms with E-state index in [1.807, 2.05) is 13.8 Å². The van der Waals surface area contributed by atoms with Gasteiger partial charge in [-0.25, -0.2) is 0 Å². The Hall–Kier alpha value is -0.570. The maximum Gasteiger partial charge on any atom is 0.320 e. The molecular weight excluding hydrogens is 190 g/mol. The summed E-state index contributed by atoms with van der Waals surface area (Å²) < 4.78 is 0. The van der Waals surface area contributed by atoms with Crippen LogP contribution in [0.1, 0.15) is 47.0 Å². The van der Waals surface area contributed by atoms with Gasteiger partial charge in [0, 0.05) is 6.04 Å². The highest BCUT2D eigenvalue weighted by molar-refractivity contribution is 5.73. The first-order valence-corrected chi connectivity index (χ1v) is 5.81. The Bertz CT molecular complexity index is 236. The predicted molar refractivity (Wildman–Crippen MR) is 60.8 cm³/mol. The lowest BCUT2D eigenvalue weighted by atomic mass is 9.91. The molecule has 0 saturated heterocycles. The van der Waals surface area contributed by atoms with Crippen molar-refractivity contribution >= 4 is 5.97 Å². The molecule has 1 aliphatic carbocycles. The summed E-state index contributed by atoms with van der Waals surface area (Å²) in [6.07, 6.45) is 3.38. The third-order valence-corrected chi connectivity index (χ3v) is 3.32. The van der Waals surface area contributed by atoms with Crippen molar-refractivity contribution in [2.45, 2.75) is 59.0 Å². The summed E-state index contributed by atoms with van der Waals surface area (Å²) in [4.78, 5) is 11.0. The quantitative estimate of drug-likeness (QED) is 0.753. The number of carboxylic acids is 1. The van der Waals surface area contributed by atoms with Crippen LogP contribution in [0.15, 0.2) is 0 Å². The van der Waals surface area contributed by atoms with E-state index in [2.05, 4.69) is 19.2 Å². The van der Waals surface area contributed by atoms with Crippen molar-refractivity contribution in [3.05, 3.63) is 0 Å². The smallest absolute Gasteiger partial charge is 0.320 e. The van der Waals surface area contributed by atoms with E-state index in [9.17, 15) is 4.79 Å². The zero-order valence-electron chi connectivity index (χ0n) is 10.2. The van der Waals surface area contributed by atoms with Gasteiger partial charge in [0.1, 0.15) is 6.04 Å². The number of rotatable bonds is 4. The second-order valence-corrected chi connectivity index (χ2v) is 5.83. The van der Waals surface area contributed by atoms with Gasteiger partial charge >= 0.3 is 5.97 Å². The molecule has 0 aromatic carbocycles. The Kier molecular flexibility index (Phi) is 3.77. The van der Waals surface area contributed by atoms with Crippen LogP contribution in [0.4, 0.5) is 0 Å². The largest absolute Gasteiger partial charge is 0.480 e. The highest BCUT2D eigenvalue weighted by Crippen LogP contribution is 2.37. The molecule has 88 valence electrons. The van der Waals surface area contributed by atoms with Gasteiger partial charge in [-0.2, -0.15) is 0 Å². The van der Waals surface area contributed by atoms with Crippen LogP contribution in [-0.2, 0) is 4.79 Å². The number of nitrogens with one attached hydrogen (secondary N) is 1. The number of hydrogen-bond donors (Lipinski definition) is 2. The molecule has 1 saturated carbocycles. The SMILES string of the molecule is CC(C)C(NC1CCC(C)(C)C1)C(=O)O. The Morgan fingerprint density at radius 2 is 2.07 bits per heavy atom. The minimum atomic E-state index is -0.727. The van der Waals surface area contributed by atoms with Gasteiger partial charge in [-0.15, -0.1) is 0 Å². The maximum atomic E-state index is 11.0. The van der Waals surface area contributed by atoms with Crippen LogP contribution in [-0.4, -0.2) is 23.2 Å². The van der Waals surface area contributed by atoms with Crippen LogP contribution < -0.4 is 5.32 Å². The molecule has 2 unspecified atom stereocenters. The zero-order valence-corrected chi connectivity index (χ0v) is 10.2. The lowest BCUT2D eigenvalue weighted by Crippen LogP contribution is -2.45. The molecule has 0 amide bonds. The first kappa shape index (κ1) is 12.5. The fourth-order valence-electron chi connectivity index (χ4n) is 2.38. The highest BCUT2D eigenvalue weighted by atomic mass is 16.4. The molecule has 0 aromatic heterocycles. The maximum absolute atomic E-state index is 11.0. The molecule has 0 spiro atoms. The Morgan fingerprint density at radius 3 is 2.40 bits per heavy atom. The lowest BCUT2D eigenvalue weighted by Gasteiger charge is -2.24. The molecule has 1 aliphatic rings. The molecule has 0 heterocycles. The van der Waals surface area contributed by atoms with Crippen LogP contribution in [0.3, 0.4) is 0 Å². The predicted octanol–water partition coefficient (Wildman–Crippen LogP) is 2.26. The van der Waals surface area contributed by atoms with Gasteiger partial charge in [-0.1, -0.05) is 27.7 Å². The van der Waals surface area contributed by atoms with E-state index < -0.39 is 12.0 Å². The molecule has 2 atom stereocenters. The van der Waals surface area contributed by atoms with Crippen molar-refractivity contribution in [2.75, 3.05) is 0 Å². The highest BCUT2D eigenvalue weighted by Gasteiger charge is 2.33. The van der Waals surface area contributed by atoms with Crippen LogP contribution >= 0.6 is 0 Å². The van der Waals surface area contributed by atoms with E-state index in [0.29, 0.717) is 11.5 Å². The monoisotopic (exact) mass is 213 g/mol. The van der Waals surface area contributed by atoms with Crippen molar-refractivity contribution < 1.29 is 9.90 Å². The Morgan fingerprint density at radius 1 is 1.47 bits per heavy atom. The lowest BCUT2D eigenvalue weighted by molar-refractivity contribution is -0.140. The fraction of sp³-hybridized carbons (Fsp3) is 0.917. The van der Waals surface area contributed by atoms with E-state index in [4.69, 9.17) is 5.11 Å². The van der Waals surface area contributed by atoms with Crippen molar-refractivity contribution in [3.63, 3.8) is 0 Å². The van der Waals surface area contributed by atoms with Gasteiger partial charge in [-0.05, 0) is 30.6 Å². The summed E-state index contributed by atoms with van der Waals surface area (Å²) in [5, 5.41) is 12.3. The second kappa shape index (κ2) is 4.52. The molecule has 3 heteroatoms. The summed E-state index contributed by atoms with van der Waals surface area (Å²) in [7, 11) is 0. The van der Waals surface area contributed by atoms with Gasteiger partial charge in [0.15, 0.2) is 0 Å². The minimum Gasteiger partial charge on any atom is -0.480 e. The number of aliphatic carboxylic acids is 1. The third-order valence-electron chi connectivity index (χ3n) is 3.32. The van der Waals surface area contributed by atoms with Crippen LogP contribution in [0, 0.1) is 11.3 Å². The molecule has 0 bridgehead atoms.